The second kappa shape index (κ2) is 7.34. The Morgan fingerprint density at radius 2 is 1.92 bits per heavy atom. The number of piperazine rings is 1. The van der Waals surface area contributed by atoms with Crippen molar-refractivity contribution in [3.63, 3.8) is 0 Å². The molecule has 0 bridgehead atoms. The van der Waals surface area contributed by atoms with Crippen molar-refractivity contribution in [1.82, 2.24) is 9.88 Å². The van der Waals surface area contributed by atoms with Crippen molar-refractivity contribution in [1.29, 1.82) is 0 Å². The van der Waals surface area contributed by atoms with Gasteiger partial charge in [-0.25, -0.2) is 4.98 Å². The van der Waals surface area contributed by atoms with E-state index in [4.69, 9.17) is 4.74 Å². The molecule has 5 nitrogen and oxygen atoms in total. The molecule has 24 heavy (non-hydrogen) atoms. The van der Waals surface area contributed by atoms with Crippen LogP contribution in [0, 0.1) is 6.92 Å². The molecule has 1 aromatic heterocycles. The normalized spacial score (nSPS) is 15.9. The third kappa shape index (κ3) is 3.85. The van der Waals surface area contributed by atoms with Crippen LogP contribution in [0.15, 0.2) is 48.7 Å². The van der Waals surface area contributed by atoms with E-state index in [-0.39, 0.29) is 5.91 Å². The number of anilines is 1. The zero-order valence-corrected chi connectivity index (χ0v) is 14.2. The number of amides is 1. The highest BCUT2D eigenvalue weighted by atomic mass is 16.5. The molecule has 3 rings (SSSR count). The van der Waals surface area contributed by atoms with Crippen molar-refractivity contribution < 1.29 is 9.53 Å². The molecule has 126 valence electrons. The predicted octanol–water partition coefficient (Wildman–Crippen LogP) is 2.51. The SMILES string of the molecule is Cc1cccc(O[C@H](C)C(=O)N2CCN(c3ccccn3)CC2)c1. The van der Waals surface area contributed by atoms with Crippen molar-refractivity contribution in [2.24, 2.45) is 0 Å². The number of carbonyl (C=O) groups excluding carboxylic acids is 1. The summed E-state index contributed by atoms with van der Waals surface area (Å²) in [6, 6.07) is 13.7. The molecule has 0 aliphatic carbocycles. The molecule has 0 saturated carbocycles. The zero-order valence-electron chi connectivity index (χ0n) is 14.2. The van der Waals surface area contributed by atoms with Gasteiger partial charge in [0.15, 0.2) is 6.10 Å². The number of benzene rings is 1. The predicted molar refractivity (Wildman–Crippen MR) is 94.3 cm³/mol. The molecule has 0 spiro atoms. The molecule has 1 aliphatic heterocycles. The molecule has 1 atom stereocenters. The molecule has 2 aromatic rings. The molecule has 1 aliphatic rings. The average molecular weight is 325 g/mol. The maximum atomic E-state index is 12.6. The van der Waals surface area contributed by atoms with E-state index >= 15 is 0 Å². The van der Waals surface area contributed by atoms with Crippen molar-refractivity contribution in [2.75, 3.05) is 31.1 Å². The monoisotopic (exact) mass is 325 g/mol. The fourth-order valence-corrected chi connectivity index (χ4v) is 2.90. The fourth-order valence-electron chi connectivity index (χ4n) is 2.90. The minimum absolute atomic E-state index is 0.0391. The topological polar surface area (TPSA) is 45.7 Å². The van der Waals surface area contributed by atoms with Gasteiger partial charge in [-0.15, -0.1) is 0 Å². The van der Waals surface area contributed by atoms with Gasteiger partial charge in [0.1, 0.15) is 11.6 Å². The lowest BCUT2D eigenvalue weighted by Gasteiger charge is -2.36. The Morgan fingerprint density at radius 1 is 1.12 bits per heavy atom. The van der Waals surface area contributed by atoms with Crippen molar-refractivity contribution in [3.8, 4) is 5.75 Å². The van der Waals surface area contributed by atoms with Gasteiger partial charge in [-0.05, 0) is 43.7 Å². The average Bonchev–Trinajstić information content (AvgIpc) is 2.62. The minimum Gasteiger partial charge on any atom is -0.481 e. The Bertz CT molecular complexity index is 682. The highest BCUT2D eigenvalue weighted by molar-refractivity contribution is 5.81. The molecular weight excluding hydrogens is 302 g/mol. The van der Waals surface area contributed by atoms with Gasteiger partial charge in [0, 0.05) is 32.4 Å². The van der Waals surface area contributed by atoms with Crippen LogP contribution in [-0.2, 0) is 4.79 Å². The molecule has 0 unspecified atom stereocenters. The minimum atomic E-state index is -0.479. The molecule has 0 N–H and O–H groups in total. The van der Waals surface area contributed by atoms with Crippen molar-refractivity contribution >= 4 is 11.7 Å². The second-order valence-corrected chi connectivity index (χ2v) is 6.08. The van der Waals surface area contributed by atoms with Crippen LogP contribution in [0.1, 0.15) is 12.5 Å². The highest BCUT2D eigenvalue weighted by Gasteiger charge is 2.26. The van der Waals surface area contributed by atoms with E-state index in [9.17, 15) is 4.79 Å². The first-order valence-corrected chi connectivity index (χ1v) is 8.31. The number of nitrogens with zero attached hydrogens (tertiary/aromatic N) is 3. The van der Waals surface area contributed by atoms with E-state index in [0.29, 0.717) is 13.1 Å². The van der Waals surface area contributed by atoms with E-state index < -0.39 is 6.10 Å². The van der Waals surface area contributed by atoms with E-state index in [1.54, 1.807) is 6.20 Å². The molecular formula is C19H23N3O2. The number of aryl methyl sites for hydroxylation is 1. The highest BCUT2D eigenvalue weighted by Crippen LogP contribution is 2.17. The molecule has 5 heteroatoms. The lowest BCUT2D eigenvalue weighted by Crippen LogP contribution is -2.52. The van der Waals surface area contributed by atoms with Gasteiger partial charge in [-0.3, -0.25) is 4.79 Å². The Labute approximate surface area is 142 Å². The molecule has 1 amide bonds. The lowest BCUT2D eigenvalue weighted by molar-refractivity contribution is -0.138. The summed E-state index contributed by atoms with van der Waals surface area (Å²) in [7, 11) is 0. The van der Waals surface area contributed by atoms with Crippen molar-refractivity contribution in [3.05, 3.63) is 54.2 Å². The van der Waals surface area contributed by atoms with Gasteiger partial charge in [0.05, 0.1) is 0 Å². The Balaban J connectivity index is 1.55. The number of carbonyl (C=O) groups is 1. The van der Waals surface area contributed by atoms with Crippen molar-refractivity contribution in [2.45, 2.75) is 20.0 Å². The zero-order chi connectivity index (χ0) is 16.9. The number of hydrogen-bond acceptors (Lipinski definition) is 4. The number of aromatic nitrogens is 1. The number of pyridine rings is 1. The summed E-state index contributed by atoms with van der Waals surface area (Å²) in [5, 5.41) is 0. The summed E-state index contributed by atoms with van der Waals surface area (Å²) in [5.74, 6) is 1.74. The third-order valence-corrected chi connectivity index (χ3v) is 4.21. The lowest BCUT2D eigenvalue weighted by atomic mass is 10.2. The Morgan fingerprint density at radius 3 is 2.58 bits per heavy atom. The molecule has 1 saturated heterocycles. The number of rotatable bonds is 4. The van der Waals surface area contributed by atoms with Gasteiger partial charge in [0.2, 0.25) is 0 Å². The van der Waals surface area contributed by atoms with Crippen LogP contribution in [0.2, 0.25) is 0 Å². The van der Waals surface area contributed by atoms with Gasteiger partial charge in [-0.1, -0.05) is 18.2 Å². The van der Waals surface area contributed by atoms with Gasteiger partial charge in [-0.2, -0.15) is 0 Å². The quantitative estimate of drug-likeness (QED) is 0.866. The van der Waals surface area contributed by atoms with E-state index in [0.717, 1.165) is 30.2 Å². The van der Waals surface area contributed by atoms with Gasteiger partial charge in [0.25, 0.3) is 5.91 Å². The van der Waals surface area contributed by atoms with Gasteiger partial charge < -0.3 is 14.5 Å². The molecule has 2 heterocycles. The van der Waals surface area contributed by atoms with Gasteiger partial charge >= 0.3 is 0 Å². The maximum absolute atomic E-state index is 12.6. The fraction of sp³-hybridized carbons (Fsp3) is 0.368. The molecule has 1 aromatic carbocycles. The van der Waals surface area contributed by atoms with Crippen LogP contribution in [0.25, 0.3) is 0 Å². The largest absolute Gasteiger partial charge is 0.481 e. The summed E-state index contributed by atoms with van der Waals surface area (Å²) >= 11 is 0. The van der Waals surface area contributed by atoms with Crippen LogP contribution in [0.5, 0.6) is 5.75 Å². The van der Waals surface area contributed by atoms with Crippen LogP contribution < -0.4 is 9.64 Å². The molecule has 1 fully saturated rings. The summed E-state index contributed by atoms with van der Waals surface area (Å²) in [6.45, 7) is 6.79. The summed E-state index contributed by atoms with van der Waals surface area (Å²) < 4.78 is 5.80. The summed E-state index contributed by atoms with van der Waals surface area (Å²) in [5.41, 5.74) is 1.12. The maximum Gasteiger partial charge on any atom is 0.263 e. The van der Waals surface area contributed by atoms with Crippen LogP contribution in [0.4, 0.5) is 5.82 Å². The standard InChI is InChI=1S/C19H23N3O2/c1-15-6-5-7-17(14-15)24-16(2)19(23)22-12-10-21(11-13-22)18-8-3-4-9-20-18/h3-9,14,16H,10-13H2,1-2H3/t16-/m1/s1. The summed E-state index contributed by atoms with van der Waals surface area (Å²) in [6.07, 6.45) is 1.32. The third-order valence-electron chi connectivity index (χ3n) is 4.21. The molecule has 0 radical (unpaired) electrons. The first-order valence-electron chi connectivity index (χ1n) is 8.31. The van der Waals surface area contributed by atoms with Crippen LogP contribution >= 0.6 is 0 Å². The number of hydrogen-bond donors (Lipinski definition) is 0. The summed E-state index contributed by atoms with van der Waals surface area (Å²) in [4.78, 5) is 21.0. The Hall–Kier alpha value is -2.56. The van der Waals surface area contributed by atoms with Crippen LogP contribution in [-0.4, -0.2) is 48.1 Å². The van der Waals surface area contributed by atoms with E-state index in [1.807, 2.05) is 61.2 Å². The second-order valence-electron chi connectivity index (χ2n) is 6.08. The first kappa shape index (κ1) is 16.3. The van der Waals surface area contributed by atoms with E-state index in [2.05, 4.69) is 9.88 Å². The van der Waals surface area contributed by atoms with Crippen LogP contribution in [0.3, 0.4) is 0 Å². The number of ether oxygens (including phenoxy) is 1. The smallest absolute Gasteiger partial charge is 0.263 e. The van der Waals surface area contributed by atoms with E-state index in [1.165, 1.54) is 0 Å². The first-order chi connectivity index (χ1) is 11.6. The Kier molecular flexibility index (Phi) is 4.99.